The Balaban J connectivity index is 2.03. The second-order valence-corrected chi connectivity index (χ2v) is 6.52. The van der Waals surface area contributed by atoms with Crippen LogP contribution >= 0.6 is 0 Å². The Morgan fingerprint density at radius 1 is 1.38 bits per heavy atom. The number of halogens is 1. The lowest BCUT2D eigenvalue weighted by Crippen LogP contribution is -2.22. The van der Waals surface area contributed by atoms with E-state index in [2.05, 4.69) is 4.98 Å². The number of aliphatic hydroxyl groups excluding tert-OH is 1. The molecule has 26 heavy (non-hydrogen) atoms. The first-order valence-electron chi connectivity index (χ1n) is 8.14. The van der Waals surface area contributed by atoms with Crippen molar-refractivity contribution < 1.29 is 19.4 Å². The third-order valence-electron chi connectivity index (χ3n) is 4.83. The number of hydrogen-bond donors (Lipinski definition) is 2. The molecular weight excluding hydrogens is 341 g/mol. The molecule has 8 heteroatoms. The molecule has 0 radical (unpaired) electrons. The van der Waals surface area contributed by atoms with Crippen LogP contribution in [0.25, 0.3) is 21.8 Å². The average molecular weight is 357 g/mol. The van der Waals surface area contributed by atoms with Crippen LogP contribution in [0.1, 0.15) is 16.8 Å². The molecule has 1 unspecified atom stereocenters. The maximum atomic E-state index is 14.7. The van der Waals surface area contributed by atoms with Gasteiger partial charge >= 0.3 is 5.97 Å². The van der Waals surface area contributed by atoms with Crippen LogP contribution in [0.4, 0.5) is 10.1 Å². The summed E-state index contributed by atoms with van der Waals surface area (Å²) >= 11 is 0. The summed E-state index contributed by atoms with van der Waals surface area (Å²) < 4.78 is 16.2. The molecule has 0 aliphatic carbocycles. The van der Waals surface area contributed by atoms with Crippen molar-refractivity contribution in [2.45, 2.75) is 12.5 Å². The van der Waals surface area contributed by atoms with Crippen molar-refractivity contribution in [2.75, 3.05) is 18.0 Å². The van der Waals surface area contributed by atoms with E-state index in [0.29, 0.717) is 36.2 Å². The zero-order valence-corrected chi connectivity index (χ0v) is 13.9. The summed E-state index contributed by atoms with van der Waals surface area (Å²) in [5.74, 6) is -1.87. The number of aryl methyl sites for hydroxylation is 1. The Bertz CT molecular complexity index is 1130. The number of benzene rings is 1. The van der Waals surface area contributed by atoms with E-state index in [9.17, 15) is 24.2 Å². The van der Waals surface area contributed by atoms with Crippen molar-refractivity contribution in [3.8, 4) is 0 Å². The normalized spacial score (nSPS) is 17.3. The van der Waals surface area contributed by atoms with E-state index >= 15 is 0 Å². The third kappa shape index (κ3) is 2.41. The first-order valence-corrected chi connectivity index (χ1v) is 8.14. The molecule has 2 aromatic heterocycles. The lowest BCUT2D eigenvalue weighted by molar-refractivity contribution is 0.0695. The largest absolute Gasteiger partial charge is 0.477 e. The molecule has 0 saturated carbocycles. The average Bonchev–Trinajstić information content (AvgIpc) is 3.02. The highest BCUT2D eigenvalue weighted by Crippen LogP contribution is 2.30. The fourth-order valence-electron chi connectivity index (χ4n) is 3.51. The molecule has 4 rings (SSSR count). The van der Waals surface area contributed by atoms with Gasteiger partial charge in [0.15, 0.2) is 0 Å². The summed E-state index contributed by atoms with van der Waals surface area (Å²) in [5.41, 5.74) is 0.0969. The zero-order valence-electron chi connectivity index (χ0n) is 13.9. The molecule has 1 aliphatic heterocycles. The number of aromatic carboxylic acids is 1. The maximum Gasteiger partial charge on any atom is 0.341 e. The van der Waals surface area contributed by atoms with Crippen LogP contribution < -0.4 is 10.3 Å². The number of pyridine rings is 2. The molecular formula is C18H16FN3O4. The van der Waals surface area contributed by atoms with Gasteiger partial charge in [0.1, 0.15) is 11.4 Å². The standard InChI is InChI=1S/C18H16FN3O4/c1-21-8-11(18(25)26)17(24)16-10-4-12(19)14(22-3-2-9(23)7-22)5-13(10)20-6-15(16)21/h4-6,8-9,23H,2-3,7H2,1H3,(H,25,26). The van der Waals surface area contributed by atoms with Crippen molar-refractivity contribution in [3.05, 3.63) is 46.1 Å². The summed E-state index contributed by atoms with van der Waals surface area (Å²) in [6, 6.07) is 2.76. The maximum absolute atomic E-state index is 14.7. The first-order chi connectivity index (χ1) is 12.4. The predicted molar refractivity (Wildman–Crippen MR) is 94.2 cm³/mol. The molecule has 7 nitrogen and oxygen atoms in total. The van der Waals surface area contributed by atoms with E-state index in [-0.39, 0.29) is 16.3 Å². The highest BCUT2D eigenvalue weighted by atomic mass is 19.1. The van der Waals surface area contributed by atoms with E-state index < -0.39 is 23.3 Å². The van der Waals surface area contributed by atoms with E-state index in [1.54, 1.807) is 11.9 Å². The van der Waals surface area contributed by atoms with Crippen LogP contribution in [0.5, 0.6) is 0 Å². The second kappa shape index (κ2) is 5.77. The number of β-amino-alcohol motifs (C(OH)–C–C–N with tert-alkyl or cyclic N) is 1. The van der Waals surface area contributed by atoms with Gasteiger partial charge in [-0.2, -0.15) is 0 Å². The van der Waals surface area contributed by atoms with E-state index in [4.69, 9.17) is 0 Å². The Hall–Kier alpha value is -3.00. The minimum absolute atomic E-state index is 0.129. The lowest BCUT2D eigenvalue weighted by Gasteiger charge is -2.19. The summed E-state index contributed by atoms with van der Waals surface area (Å²) in [4.78, 5) is 30.0. The Morgan fingerprint density at radius 3 is 2.81 bits per heavy atom. The Labute approximate surface area is 146 Å². The first kappa shape index (κ1) is 16.5. The van der Waals surface area contributed by atoms with Gasteiger partial charge in [0.2, 0.25) is 5.43 Å². The van der Waals surface area contributed by atoms with Crippen LogP contribution in [-0.4, -0.2) is 44.9 Å². The van der Waals surface area contributed by atoms with Gasteiger partial charge in [-0.15, -0.1) is 0 Å². The van der Waals surface area contributed by atoms with E-state index in [1.807, 2.05) is 0 Å². The number of rotatable bonds is 2. The molecule has 1 atom stereocenters. The smallest absolute Gasteiger partial charge is 0.341 e. The van der Waals surface area contributed by atoms with E-state index in [0.717, 1.165) is 0 Å². The van der Waals surface area contributed by atoms with Crippen molar-refractivity contribution >= 4 is 33.5 Å². The SMILES string of the molecule is Cn1cc(C(=O)O)c(=O)c2c3cc(F)c(N4CCC(O)C4)cc3ncc21. The molecule has 0 spiro atoms. The Morgan fingerprint density at radius 2 is 2.15 bits per heavy atom. The fourth-order valence-corrected chi connectivity index (χ4v) is 3.51. The van der Waals surface area contributed by atoms with Crippen LogP contribution in [-0.2, 0) is 7.05 Å². The minimum Gasteiger partial charge on any atom is -0.477 e. The molecule has 0 amide bonds. The molecule has 2 N–H and O–H groups in total. The van der Waals surface area contributed by atoms with Gasteiger partial charge in [-0.3, -0.25) is 9.78 Å². The summed E-state index contributed by atoms with van der Waals surface area (Å²) in [6.07, 6.45) is 2.77. The molecule has 3 heterocycles. The van der Waals surface area contributed by atoms with Gasteiger partial charge in [0.05, 0.1) is 34.4 Å². The van der Waals surface area contributed by atoms with Crippen molar-refractivity contribution in [1.82, 2.24) is 9.55 Å². The number of anilines is 1. The van der Waals surface area contributed by atoms with E-state index in [1.165, 1.54) is 29.1 Å². The number of carboxylic acids is 1. The zero-order chi connectivity index (χ0) is 18.6. The molecule has 3 aromatic rings. The molecule has 0 bridgehead atoms. The van der Waals surface area contributed by atoms with Crippen LogP contribution in [0, 0.1) is 5.82 Å². The number of aromatic nitrogens is 2. The highest BCUT2D eigenvalue weighted by Gasteiger charge is 2.24. The van der Waals surface area contributed by atoms with Crippen LogP contribution in [0.3, 0.4) is 0 Å². The number of carboxylic acid groups (broad SMARTS) is 1. The van der Waals surface area contributed by atoms with Crippen molar-refractivity contribution in [1.29, 1.82) is 0 Å². The van der Waals surface area contributed by atoms with Gasteiger partial charge in [-0.1, -0.05) is 0 Å². The molecule has 1 saturated heterocycles. The van der Waals surface area contributed by atoms with Gasteiger partial charge in [0.25, 0.3) is 0 Å². The monoisotopic (exact) mass is 357 g/mol. The van der Waals surface area contributed by atoms with Gasteiger partial charge in [-0.05, 0) is 18.6 Å². The van der Waals surface area contributed by atoms with Crippen molar-refractivity contribution in [2.24, 2.45) is 7.05 Å². The van der Waals surface area contributed by atoms with Gasteiger partial charge < -0.3 is 19.7 Å². The summed E-state index contributed by atoms with van der Waals surface area (Å²) in [5, 5.41) is 19.3. The number of fused-ring (bicyclic) bond motifs is 3. The number of nitrogens with zero attached hydrogens (tertiary/aromatic N) is 3. The molecule has 1 aliphatic rings. The summed E-state index contributed by atoms with van der Waals surface area (Å²) in [7, 11) is 1.61. The highest BCUT2D eigenvalue weighted by molar-refractivity contribution is 6.07. The predicted octanol–water partition coefficient (Wildman–Crippen LogP) is 1.49. The molecule has 134 valence electrons. The van der Waals surface area contributed by atoms with Crippen LogP contribution in [0.15, 0.2) is 29.3 Å². The fraction of sp³-hybridized carbons (Fsp3) is 0.278. The topological polar surface area (TPSA) is 95.7 Å². The molecule has 1 aromatic carbocycles. The van der Waals surface area contributed by atoms with Crippen LogP contribution in [0.2, 0.25) is 0 Å². The molecule has 1 fully saturated rings. The Kier molecular flexibility index (Phi) is 3.66. The minimum atomic E-state index is -1.33. The lowest BCUT2D eigenvalue weighted by atomic mass is 10.1. The van der Waals surface area contributed by atoms with Gasteiger partial charge in [-0.25, -0.2) is 9.18 Å². The third-order valence-corrected chi connectivity index (χ3v) is 4.83. The number of hydrogen-bond acceptors (Lipinski definition) is 5. The number of aliphatic hydroxyl groups is 1. The van der Waals surface area contributed by atoms with Gasteiger partial charge in [0, 0.05) is 31.7 Å². The summed E-state index contributed by atoms with van der Waals surface area (Å²) in [6.45, 7) is 0.864. The second-order valence-electron chi connectivity index (χ2n) is 6.52. The van der Waals surface area contributed by atoms with Crippen molar-refractivity contribution in [3.63, 3.8) is 0 Å². The quantitative estimate of drug-likeness (QED) is 0.675. The number of carbonyl (C=O) groups is 1.